The molecule has 0 aromatic heterocycles. The second kappa shape index (κ2) is 8.05. The lowest BCUT2D eigenvalue weighted by atomic mass is 10.1. The number of anilines is 1. The van der Waals surface area contributed by atoms with E-state index in [1.807, 2.05) is 70.2 Å². The first-order valence-electron chi connectivity index (χ1n) is 9.29. The van der Waals surface area contributed by atoms with Crippen molar-refractivity contribution >= 4 is 13.3 Å². The third-order valence-electron chi connectivity index (χ3n) is 4.33. The van der Waals surface area contributed by atoms with E-state index < -0.39 is 7.60 Å². The van der Waals surface area contributed by atoms with E-state index >= 15 is 0 Å². The van der Waals surface area contributed by atoms with Gasteiger partial charge in [-0.2, -0.15) is 0 Å². The zero-order valence-corrected chi connectivity index (χ0v) is 17.4. The van der Waals surface area contributed by atoms with Gasteiger partial charge >= 0.3 is 7.60 Å². The topological polar surface area (TPSA) is 47.8 Å². The second-order valence-corrected chi connectivity index (χ2v) is 9.25. The monoisotopic (exact) mass is 389 g/mol. The molecule has 1 fully saturated rings. The van der Waals surface area contributed by atoms with Gasteiger partial charge < -0.3 is 18.7 Å². The van der Waals surface area contributed by atoms with Gasteiger partial charge in [-0.05, 0) is 57.5 Å². The number of methoxy groups -OCH3 is 1. The van der Waals surface area contributed by atoms with Crippen LogP contribution in [0.5, 0.6) is 5.75 Å². The molecule has 27 heavy (non-hydrogen) atoms. The van der Waals surface area contributed by atoms with Crippen LogP contribution in [-0.4, -0.2) is 25.1 Å². The van der Waals surface area contributed by atoms with Gasteiger partial charge in [-0.25, -0.2) is 0 Å². The Kier molecular flexibility index (Phi) is 5.95. The summed E-state index contributed by atoms with van der Waals surface area (Å²) in [6.07, 6.45) is -0.381. The SMILES string of the molecule is COc1ccc(N2[C@H](c3ccccc3)[C@@H]2P(=O)(OC(C)C)OC(C)C)cc1. The van der Waals surface area contributed by atoms with Crippen molar-refractivity contribution in [3.63, 3.8) is 0 Å². The smallest absolute Gasteiger partial charge is 0.355 e. The fourth-order valence-corrected chi connectivity index (χ4v) is 5.97. The first-order valence-corrected chi connectivity index (χ1v) is 10.9. The predicted octanol–water partition coefficient (Wildman–Crippen LogP) is 5.63. The van der Waals surface area contributed by atoms with Gasteiger partial charge in [-0.3, -0.25) is 4.57 Å². The molecular formula is C21H28NO4P. The molecule has 1 saturated heterocycles. The molecule has 6 heteroatoms. The maximum Gasteiger partial charge on any atom is 0.355 e. The van der Waals surface area contributed by atoms with Crippen LogP contribution in [0, 0.1) is 0 Å². The minimum absolute atomic E-state index is 0.0528. The minimum Gasteiger partial charge on any atom is -0.497 e. The molecule has 5 nitrogen and oxygen atoms in total. The summed E-state index contributed by atoms with van der Waals surface area (Å²) in [6, 6.07) is 17.8. The number of hydrogen-bond acceptors (Lipinski definition) is 5. The summed E-state index contributed by atoms with van der Waals surface area (Å²) in [5.74, 6) is 0.437. The van der Waals surface area contributed by atoms with Crippen LogP contribution in [0.25, 0.3) is 0 Å². The number of rotatable bonds is 8. The van der Waals surface area contributed by atoms with Crippen LogP contribution in [0.2, 0.25) is 0 Å². The third kappa shape index (κ3) is 4.37. The van der Waals surface area contributed by atoms with Crippen LogP contribution in [0.4, 0.5) is 5.69 Å². The maximum absolute atomic E-state index is 13.8. The Morgan fingerprint density at radius 2 is 1.44 bits per heavy atom. The Morgan fingerprint density at radius 1 is 0.889 bits per heavy atom. The van der Waals surface area contributed by atoms with Crippen LogP contribution >= 0.6 is 7.60 Å². The molecule has 3 rings (SSSR count). The number of benzene rings is 2. The van der Waals surface area contributed by atoms with Crippen molar-refractivity contribution in [2.24, 2.45) is 0 Å². The van der Waals surface area contributed by atoms with Crippen molar-refractivity contribution in [3.8, 4) is 5.75 Å². The molecule has 1 heterocycles. The molecule has 0 radical (unpaired) electrons. The molecule has 0 amide bonds. The van der Waals surface area contributed by atoms with Crippen LogP contribution in [0.15, 0.2) is 54.6 Å². The summed E-state index contributed by atoms with van der Waals surface area (Å²) >= 11 is 0. The normalized spacial score (nSPS) is 19.6. The van der Waals surface area contributed by atoms with Crippen LogP contribution in [0.1, 0.15) is 39.3 Å². The van der Waals surface area contributed by atoms with Gasteiger partial charge in [0.2, 0.25) is 0 Å². The fourth-order valence-electron chi connectivity index (χ4n) is 3.33. The third-order valence-corrected chi connectivity index (χ3v) is 6.94. The highest BCUT2D eigenvalue weighted by Crippen LogP contribution is 2.69. The van der Waals surface area contributed by atoms with E-state index in [2.05, 4.69) is 17.0 Å². The van der Waals surface area contributed by atoms with Crippen molar-refractivity contribution in [1.29, 1.82) is 0 Å². The highest BCUT2D eigenvalue weighted by Gasteiger charge is 2.61. The molecule has 0 aliphatic carbocycles. The van der Waals surface area contributed by atoms with Gasteiger partial charge in [0, 0.05) is 5.69 Å². The first-order chi connectivity index (χ1) is 12.9. The van der Waals surface area contributed by atoms with E-state index in [4.69, 9.17) is 13.8 Å². The summed E-state index contributed by atoms with van der Waals surface area (Å²) in [5, 5.41) is 0. The first kappa shape index (κ1) is 19.9. The summed E-state index contributed by atoms with van der Waals surface area (Å²) in [4.78, 5) is 2.11. The second-order valence-electron chi connectivity index (χ2n) is 7.22. The van der Waals surface area contributed by atoms with E-state index in [0.717, 1.165) is 17.0 Å². The highest BCUT2D eigenvalue weighted by atomic mass is 31.2. The van der Waals surface area contributed by atoms with E-state index in [9.17, 15) is 4.57 Å². The van der Waals surface area contributed by atoms with Crippen molar-refractivity contribution in [3.05, 3.63) is 60.2 Å². The molecule has 0 bridgehead atoms. The van der Waals surface area contributed by atoms with Gasteiger partial charge in [0.1, 0.15) is 5.75 Å². The van der Waals surface area contributed by atoms with Crippen LogP contribution < -0.4 is 9.64 Å². The van der Waals surface area contributed by atoms with Gasteiger partial charge in [0.25, 0.3) is 0 Å². The van der Waals surface area contributed by atoms with Crippen LogP contribution in [0.3, 0.4) is 0 Å². The van der Waals surface area contributed by atoms with E-state index in [1.165, 1.54) is 0 Å². The molecule has 1 aliphatic rings. The fraction of sp³-hybridized carbons (Fsp3) is 0.429. The Balaban J connectivity index is 1.99. The molecule has 0 N–H and O–H groups in total. The Bertz CT molecular complexity index is 778. The quantitative estimate of drug-likeness (QED) is 0.433. The molecule has 2 atom stereocenters. The zero-order chi connectivity index (χ0) is 19.6. The van der Waals surface area contributed by atoms with E-state index in [-0.39, 0.29) is 24.0 Å². The number of hydrogen-bond donors (Lipinski definition) is 0. The zero-order valence-electron chi connectivity index (χ0n) is 16.5. The van der Waals surface area contributed by atoms with E-state index in [1.54, 1.807) is 7.11 Å². The average Bonchev–Trinajstić information content (AvgIpc) is 3.38. The number of ether oxygens (including phenoxy) is 1. The number of nitrogens with zero attached hydrogens (tertiary/aromatic N) is 1. The maximum atomic E-state index is 13.8. The summed E-state index contributed by atoms with van der Waals surface area (Å²) in [5.41, 5.74) is 2.06. The Morgan fingerprint density at radius 3 is 1.93 bits per heavy atom. The lowest BCUT2D eigenvalue weighted by Crippen LogP contribution is -2.13. The molecule has 2 aromatic carbocycles. The molecule has 0 saturated carbocycles. The molecule has 2 aromatic rings. The van der Waals surface area contributed by atoms with Gasteiger partial charge in [-0.1, -0.05) is 30.3 Å². The molecule has 1 aliphatic heterocycles. The average molecular weight is 389 g/mol. The molecule has 0 unspecified atom stereocenters. The standard InChI is InChI=1S/C21H28NO4P/c1-15(2)25-27(23,26-16(3)4)21-20(17-9-7-6-8-10-17)22(21)18-11-13-19(24-5)14-12-18/h6-16,20-21H,1-5H3/t20-,21+,22?/m1/s1. The Labute approximate surface area is 161 Å². The highest BCUT2D eigenvalue weighted by molar-refractivity contribution is 7.55. The van der Waals surface area contributed by atoms with Crippen molar-refractivity contribution in [2.75, 3.05) is 12.0 Å². The lowest BCUT2D eigenvalue weighted by Gasteiger charge is -2.23. The van der Waals surface area contributed by atoms with Gasteiger partial charge in [-0.15, -0.1) is 0 Å². The summed E-state index contributed by atoms with van der Waals surface area (Å²) in [7, 11) is -1.72. The minimum atomic E-state index is -3.36. The summed E-state index contributed by atoms with van der Waals surface area (Å²) in [6.45, 7) is 7.53. The summed E-state index contributed by atoms with van der Waals surface area (Å²) < 4.78 is 30.8. The van der Waals surface area contributed by atoms with Gasteiger partial charge in [0.15, 0.2) is 5.78 Å². The largest absolute Gasteiger partial charge is 0.497 e. The molecule has 146 valence electrons. The predicted molar refractivity (Wildman–Crippen MR) is 108 cm³/mol. The van der Waals surface area contributed by atoms with Crippen molar-refractivity contribution in [1.82, 2.24) is 0 Å². The van der Waals surface area contributed by atoms with Crippen molar-refractivity contribution < 1.29 is 18.3 Å². The lowest BCUT2D eigenvalue weighted by molar-refractivity contribution is 0.141. The van der Waals surface area contributed by atoms with E-state index in [0.29, 0.717) is 0 Å². The molecule has 0 spiro atoms. The Hall–Kier alpha value is -1.81. The van der Waals surface area contributed by atoms with Gasteiger partial charge in [0.05, 0.1) is 25.4 Å². The molecular weight excluding hydrogens is 361 g/mol. The van der Waals surface area contributed by atoms with Crippen LogP contribution in [-0.2, 0) is 13.6 Å². The van der Waals surface area contributed by atoms with Crippen molar-refractivity contribution in [2.45, 2.75) is 51.7 Å².